The van der Waals surface area contributed by atoms with Crippen LogP contribution in [0.15, 0.2) is 5.16 Å². The molecule has 78 valence electrons. The molecule has 0 saturated carbocycles. The first-order chi connectivity index (χ1) is 6.24. The van der Waals surface area contributed by atoms with Crippen molar-refractivity contribution in [3.8, 4) is 0 Å². The van der Waals surface area contributed by atoms with Crippen molar-refractivity contribution in [1.82, 2.24) is 0 Å². The van der Waals surface area contributed by atoms with Gasteiger partial charge in [-0.25, -0.2) is 0 Å². The van der Waals surface area contributed by atoms with E-state index in [2.05, 4.69) is 25.9 Å². The Morgan fingerprint density at radius 1 is 1.38 bits per heavy atom. The van der Waals surface area contributed by atoms with Crippen molar-refractivity contribution < 1.29 is 5.21 Å². The molecule has 0 aliphatic carbocycles. The lowest BCUT2D eigenvalue weighted by Gasteiger charge is -2.15. The summed E-state index contributed by atoms with van der Waals surface area (Å²) in [6, 6.07) is 0. The molecule has 0 amide bonds. The molecule has 0 bridgehead atoms. The van der Waals surface area contributed by atoms with Crippen LogP contribution in [0.3, 0.4) is 0 Å². The van der Waals surface area contributed by atoms with Gasteiger partial charge in [0.2, 0.25) is 0 Å². The van der Waals surface area contributed by atoms with Gasteiger partial charge in [-0.15, -0.1) is 5.16 Å². The summed E-state index contributed by atoms with van der Waals surface area (Å²) in [5.74, 6) is 1.21. The molecule has 2 heteroatoms. The highest BCUT2D eigenvalue weighted by Gasteiger charge is 2.09. The molecule has 2 unspecified atom stereocenters. The van der Waals surface area contributed by atoms with E-state index in [1.54, 1.807) is 6.21 Å². The van der Waals surface area contributed by atoms with Gasteiger partial charge >= 0.3 is 0 Å². The summed E-state index contributed by atoms with van der Waals surface area (Å²) in [5, 5.41) is 11.6. The zero-order chi connectivity index (χ0) is 10.1. The van der Waals surface area contributed by atoms with Gasteiger partial charge in [-0.3, -0.25) is 0 Å². The highest BCUT2D eigenvalue weighted by atomic mass is 16.4. The predicted molar refractivity (Wildman–Crippen MR) is 57.4 cm³/mol. The Hall–Kier alpha value is -0.530. The summed E-state index contributed by atoms with van der Waals surface area (Å²) in [6.07, 6.45) is 7.67. The summed E-state index contributed by atoms with van der Waals surface area (Å²) >= 11 is 0. The van der Waals surface area contributed by atoms with E-state index in [9.17, 15) is 0 Å². The van der Waals surface area contributed by atoms with Gasteiger partial charge < -0.3 is 5.21 Å². The topological polar surface area (TPSA) is 32.6 Å². The molecule has 0 aliphatic heterocycles. The van der Waals surface area contributed by atoms with E-state index in [0.717, 1.165) is 18.8 Å². The average Bonchev–Trinajstić information content (AvgIpc) is 2.14. The maximum absolute atomic E-state index is 8.49. The van der Waals surface area contributed by atoms with Crippen molar-refractivity contribution in [3.63, 3.8) is 0 Å². The second kappa shape index (κ2) is 8.09. The minimum Gasteiger partial charge on any atom is -0.411 e. The number of oxime groups is 1. The van der Waals surface area contributed by atoms with Crippen molar-refractivity contribution >= 4 is 6.21 Å². The summed E-state index contributed by atoms with van der Waals surface area (Å²) < 4.78 is 0. The summed E-state index contributed by atoms with van der Waals surface area (Å²) in [6.45, 7) is 6.65. The summed E-state index contributed by atoms with van der Waals surface area (Å²) in [7, 11) is 0. The first kappa shape index (κ1) is 12.5. The third kappa shape index (κ3) is 6.62. The smallest absolute Gasteiger partial charge is 0.0466 e. The standard InChI is InChI=1S/C11H23NO/c1-4-6-7-11(9-12-13)8-10(3)5-2/h9-11,13H,4-8H2,1-3H3. The summed E-state index contributed by atoms with van der Waals surface area (Å²) in [4.78, 5) is 0. The van der Waals surface area contributed by atoms with Crippen molar-refractivity contribution in [2.24, 2.45) is 17.0 Å². The predicted octanol–water partition coefficient (Wildman–Crippen LogP) is 3.69. The van der Waals surface area contributed by atoms with Crippen molar-refractivity contribution in [3.05, 3.63) is 0 Å². The van der Waals surface area contributed by atoms with Gasteiger partial charge in [0.1, 0.15) is 0 Å². The Balaban J connectivity index is 3.79. The van der Waals surface area contributed by atoms with Gasteiger partial charge in [-0.1, -0.05) is 40.0 Å². The quantitative estimate of drug-likeness (QED) is 0.366. The van der Waals surface area contributed by atoms with E-state index in [-0.39, 0.29) is 0 Å². The van der Waals surface area contributed by atoms with E-state index in [1.165, 1.54) is 19.3 Å². The van der Waals surface area contributed by atoms with Crippen LogP contribution in [0.5, 0.6) is 0 Å². The van der Waals surface area contributed by atoms with Crippen LogP contribution >= 0.6 is 0 Å². The normalized spacial score (nSPS) is 16.2. The highest BCUT2D eigenvalue weighted by Crippen LogP contribution is 2.18. The fraction of sp³-hybridized carbons (Fsp3) is 0.909. The minimum atomic E-state index is 0.472. The molecule has 0 heterocycles. The molecule has 0 aliphatic rings. The minimum absolute atomic E-state index is 0.472. The molecule has 0 saturated heterocycles. The number of unbranched alkanes of at least 4 members (excludes halogenated alkanes) is 1. The van der Waals surface area contributed by atoms with E-state index < -0.39 is 0 Å². The molecule has 0 aromatic heterocycles. The van der Waals surface area contributed by atoms with Gasteiger partial charge in [0.05, 0.1) is 0 Å². The molecule has 0 rings (SSSR count). The molecule has 1 N–H and O–H groups in total. The Morgan fingerprint density at radius 3 is 2.54 bits per heavy atom. The van der Waals surface area contributed by atoms with Crippen LogP contribution in [0.4, 0.5) is 0 Å². The van der Waals surface area contributed by atoms with Gasteiger partial charge in [0, 0.05) is 6.21 Å². The molecule has 0 spiro atoms. The van der Waals surface area contributed by atoms with Crippen molar-refractivity contribution in [1.29, 1.82) is 0 Å². The van der Waals surface area contributed by atoms with Crippen molar-refractivity contribution in [2.75, 3.05) is 0 Å². The molecule has 2 nitrogen and oxygen atoms in total. The maximum atomic E-state index is 8.49. The molecule has 0 aromatic rings. The molecule has 0 radical (unpaired) electrons. The number of hydrogen-bond acceptors (Lipinski definition) is 2. The van der Waals surface area contributed by atoms with E-state index in [4.69, 9.17) is 5.21 Å². The fourth-order valence-corrected chi connectivity index (χ4v) is 1.50. The summed E-state index contributed by atoms with van der Waals surface area (Å²) in [5.41, 5.74) is 0. The van der Waals surface area contributed by atoms with Crippen LogP contribution in [0, 0.1) is 11.8 Å². The third-order valence-electron chi connectivity index (χ3n) is 2.61. The molecular weight excluding hydrogens is 162 g/mol. The van der Waals surface area contributed by atoms with Crippen LogP contribution < -0.4 is 0 Å². The van der Waals surface area contributed by atoms with Gasteiger partial charge in [-0.2, -0.15) is 0 Å². The molecular formula is C11H23NO. The lowest BCUT2D eigenvalue weighted by molar-refractivity contribution is 0.314. The average molecular weight is 185 g/mol. The Bertz CT molecular complexity index is 134. The zero-order valence-corrected chi connectivity index (χ0v) is 9.16. The van der Waals surface area contributed by atoms with Gasteiger partial charge in [-0.05, 0) is 24.7 Å². The van der Waals surface area contributed by atoms with Crippen LogP contribution in [-0.4, -0.2) is 11.4 Å². The third-order valence-corrected chi connectivity index (χ3v) is 2.61. The van der Waals surface area contributed by atoms with Crippen LogP contribution in [-0.2, 0) is 0 Å². The second-order valence-electron chi connectivity index (χ2n) is 3.92. The number of nitrogens with zero attached hydrogens (tertiary/aromatic N) is 1. The zero-order valence-electron chi connectivity index (χ0n) is 9.16. The Morgan fingerprint density at radius 2 is 2.08 bits per heavy atom. The molecule has 0 fully saturated rings. The molecule has 13 heavy (non-hydrogen) atoms. The van der Waals surface area contributed by atoms with Crippen LogP contribution in [0.1, 0.15) is 52.9 Å². The molecule has 0 aromatic carbocycles. The van der Waals surface area contributed by atoms with E-state index >= 15 is 0 Å². The second-order valence-corrected chi connectivity index (χ2v) is 3.92. The Labute approximate surface area is 82.0 Å². The lowest BCUT2D eigenvalue weighted by atomic mass is 9.91. The fourth-order valence-electron chi connectivity index (χ4n) is 1.50. The Kier molecular flexibility index (Phi) is 7.76. The molecule has 2 atom stereocenters. The first-order valence-electron chi connectivity index (χ1n) is 5.42. The SMILES string of the molecule is CCCCC(C=NO)CC(C)CC. The van der Waals surface area contributed by atoms with Crippen molar-refractivity contribution in [2.45, 2.75) is 52.9 Å². The van der Waals surface area contributed by atoms with Gasteiger partial charge in [0.25, 0.3) is 0 Å². The van der Waals surface area contributed by atoms with E-state index in [0.29, 0.717) is 5.92 Å². The van der Waals surface area contributed by atoms with Gasteiger partial charge in [0.15, 0.2) is 0 Å². The first-order valence-corrected chi connectivity index (χ1v) is 5.42. The maximum Gasteiger partial charge on any atom is 0.0466 e. The van der Waals surface area contributed by atoms with Crippen LogP contribution in [0.25, 0.3) is 0 Å². The van der Waals surface area contributed by atoms with Crippen LogP contribution in [0.2, 0.25) is 0 Å². The van der Waals surface area contributed by atoms with E-state index in [1.807, 2.05) is 0 Å². The highest BCUT2D eigenvalue weighted by molar-refractivity contribution is 5.59. The lowest BCUT2D eigenvalue weighted by Crippen LogP contribution is -2.07. The monoisotopic (exact) mass is 185 g/mol. The number of hydrogen-bond donors (Lipinski definition) is 1. The largest absolute Gasteiger partial charge is 0.411 e. The number of rotatable bonds is 7.